The van der Waals surface area contributed by atoms with Crippen molar-refractivity contribution in [3.8, 4) is 17.0 Å². The number of hydrogen-bond acceptors (Lipinski definition) is 7. The quantitative estimate of drug-likeness (QED) is 0.561. The number of ether oxygens (including phenoxy) is 1. The van der Waals surface area contributed by atoms with Gasteiger partial charge in [0, 0.05) is 62.1 Å². The Morgan fingerprint density at radius 1 is 1.19 bits per heavy atom. The third kappa shape index (κ3) is 5.32. The zero-order valence-electron chi connectivity index (χ0n) is 20.2. The van der Waals surface area contributed by atoms with E-state index in [9.17, 15) is 21.6 Å². The first kappa shape index (κ1) is 25.3. The molecule has 2 aromatic rings. The van der Waals surface area contributed by atoms with Gasteiger partial charge in [0.05, 0.1) is 11.9 Å². The third-order valence-electron chi connectivity index (χ3n) is 7.57. The Kier molecular flexibility index (Phi) is 6.44. The molecule has 3 aliphatic rings. The molecule has 0 amide bonds. The lowest BCUT2D eigenvalue weighted by Gasteiger charge is -2.46. The molecule has 0 radical (unpaired) electrons. The first-order valence-electron chi connectivity index (χ1n) is 12.2. The number of imidazole rings is 1. The van der Waals surface area contributed by atoms with Crippen LogP contribution in [0, 0.1) is 0 Å². The van der Waals surface area contributed by atoms with Gasteiger partial charge in [0.25, 0.3) is 0 Å². The molecule has 0 unspecified atom stereocenters. The standard InChI is InChI=1S/C23H31F3N6O3S/c1-36(33,34)31-11-9-30(10-12-31)8-7-22(5-2-6-22)32-15-18(29-21(32)16-3-4-16)17-13-19(20(27)28-14-17)35-23(24,25)26/h13-16H,2-12H2,1H3,(H2,27,28). The van der Waals surface area contributed by atoms with Crippen LogP contribution in [0.3, 0.4) is 0 Å². The Balaban J connectivity index is 1.36. The number of alkyl halides is 3. The van der Waals surface area contributed by atoms with Crippen LogP contribution in [0.25, 0.3) is 11.3 Å². The van der Waals surface area contributed by atoms with Crippen LogP contribution in [0.1, 0.15) is 50.3 Å². The molecule has 2 aromatic heterocycles. The number of nitrogen functional groups attached to an aromatic ring is 1. The van der Waals surface area contributed by atoms with Crippen molar-refractivity contribution in [1.82, 2.24) is 23.7 Å². The molecule has 13 heteroatoms. The minimum atomic E-state index is -4.87. The third-order valence-corrected chi connectivity index (χ3v) is 8.87. The van der Waals surface area contributed by atoms with Crippen molar-refractivity contribution in [1.29, 1.82) is 0 Å². The topological polar surface area (TPSA) is 107 Å². The molecule has 2 aliphatic carbocycles. The number of sulfonamides is 1. The molecular formula is C23H31F3N6O3S. The summed E-state index contributed by atoms with van der Waals surface area (Å²) in [6.45, 7) is 3.25. The second-order valence-corrected chi connectivity index (χ2v) is 12.1. The number of rotatable bonds is 8. The fourth-order valence-electron chi connectivity index (χ4n) is 5.19. The van der Waals surface area contributed by atoms with E-state index in [-0.39, 0.29) is 11.4 Å². The molecule has 0 aromatic carbocycles. The normalized spacial score (nSPS) is 21.3. The van der Waals surface area contributed by atoms with Crippen LogP contribution < -0.4 is 10.5 Å². The van der Waals surface area contributed by atoms with Crippen LogP contribution in [0.15, 0.2) is 18.5 Å². The number of hydrogen-bond donors (Lipinski definition) is 1. The zero-order chi connectivity index (χ0) is 25.7. The average molecular weight is 529 g/mol. The minimum absolute atomic E-state index is 0.0936. The monoisotopic (exact) mass is 528 g/mol. The maximum atomic E-state index is 12.8. The summed E-state index contributed by atoms with van der Waals surface area (Å²) in [5, 5.41) is 0. The summed E-state index contributed by atoms with van der Waals surface area (Å²) in [6, 6.07) is 1.24. The predicted octanol–water partition coefficient (Wildman–Crippen LogP) is 3.15. The molecule has 198 valence electrons. The second-order valence-electron chi connectivity index (χ2n) is 10.1. The molecule has 5 rings (SSSR count). The van der Waals surface area contributed by atoms with Gasteiger partial charge >= 0.3 is 6.36 Å². The van der Waals surface area contributed by atoms with E-state index in [4.69, 9.17) is 10.7 Å². The van der Waals surface area contributed by atoms with Crippen LogP contribution in [0.5, 0.6) is 5.75 Å². The number of nitrogens with two attached hydrogens (primary N) is 1. The second kappa shape index (κ2) is 9.18. The van der Waals surface area contributed by atoms with E-state index in [0.717, 1.165) is 50.9 Å². The lowest BCUT2D eigenvalue weighted by molar-refractivity contribution is -0.274. The summed E-state index contributed by atoms with van der Waals surface area (Å²) in [5.74, 6) is 0.461. The Morgan fingerprint density at radius 2 is 1.89 bits per heavy atom. The van der Waals surface area contributed by atoms with Gasteiger partial charge in [-0.3, -0.25) is 0 Å². The van der Waals surface area contributed by atoms with E-state index in [2.05, 4.69) is 19.2 Å². The van der Waals surface area contributed by atoms with Crippen molar-refractivity contribution in [3.05, 3.63) is 24.3 Å². The molecule has 2 saturated carbocycles. The van der Waals surface area contributed by atoms with Crippen molar-refractivity contribution in [2.75, 3.05) is 44.7 Å². The Labute approximate surface area is 208 Å². The van der Waals surface area contributed by atoms with Crippen LogP contribution in [0.4, 0.5) is 19.0 Å². The van der Waals surface area contributed by atoms with Crippen LogP contribution in [0.2, 0.25) is 0 Å². The number of anilines is 1. The van der Waals surface area contributed by atoms with E-state index in [1.807, 2.05) is 6.20 Å². The van der Waals surface area contributed by atoms with Crippen molar-refractivity contribution in [3.63, 3.8) is 0 Å². The fraction of sp³-hybridized carbons (Fsp3) is 0.652. The fourth-order valence-corrected chi connectivity index (χ4v) is 6.02. The summed E-state index contributed by atoms with van der Waals surface area (Å²) in [7, 11) is -3.17. The number of pyridine rings is 1. The highest BCUT2D eigenvalue weighted by Gasteiger charge is 2.43. The van der Waals surface area contributed by atoms with Crippen molar-refractivity contribution in [2.45, 2.75) is 56.3 Å². The largest absolute Gasteiger partial charge is 0.573 e. The zero-order valence-corrected chi connectivity index (χ0v) is 21.0. The summed E-state index contributed by atoms with van der Waals surface area (Å²) >= 11 is 0. The number of halogens is 3. The molecule has 3 fully saturated rings. The first-order valence-corrected chi connectivity index (χ1v) is 14.1. The SMILES string of the molecule is CS(=O)(=O)N1CCN(CCC2(n3cc(-c4cnc(N)c(OC(F)(F)F)c4)nc3C3CC3)CCC2)CC1. The minimum Gasteiger partial charge on any atom is -0.402 e. The Hall–Kier alpha value is -2.38. The molecule has 1 aliphatic heterocycles. The smallest absolute Gasteiger partial charge is 0.402 e. The summed E-state index contributed by atoms with van der Waals surface area (Å²) in [4.78, 5) is 11.1. The van der Waals surface area contributed by atoms with Gasteiger partial charge < -0.3 is 19.9 Å². The maximum Gasteiger partial charge on any atom is 0.573 e. The van der Waals surface area contributed by atoms with Gasteiger partial charge in [-0.15, -0.1) is 13.2 Å². The molecule has 3 heterocycles. The molecule has 36 heavy (non-hydrogen) atoms. The van der Waals surface area contributed by atoms with Crippen LogP contribution >= 0.6 is 0 Å². The van der Waals surface area contributed by atoms with Gasteiger partial charge in [0.2, 0.25) is 10.0 Å². The van der Waals surface area contributed by atoms with Gasteiger partial charge in [0.1, 0.15) is 5.82 Å². The summed E-state index contributed by atoms with van der Waals surface area (Å²) in [6.07, 6.45) is 5.87. The van der Waals surface area contributed by atoms with Gasteiger partial charge in [0.15, 0.2) is 11.6 Å². The first-order chi connectivity index (χ1) is 16.9. The number of nitrogens with zero attached hydrogens (tertiary/aromatic N) is 5. The van der Waals surface area contributed by atoms with Gasteiger partial charge in [-0.25, -0.2) is 18.4 Å². The van der Waals surface area contributed by atoms with Gasteiger partial charge in [-0.05, 0) is 44.6 Å². The highest BCUT2D eigenvalue weighted by molar-refractivity contribution is 7.88. The molecule has 9 nitrogen and oxygen atoms in total. The summed E-state index contributed by atoms with van der Waals surface area (Å²) in [5.41, 5.74) is 6.50. The number of piperazine rings is 1. The van der Waals surface area contributed by atoms with E-state index in [0.29, 0.717) is 43.4 Å². The van der Waals surface area contributed by atoms with E-state index >= 15 is 0 Å². The van der Waals surface area contributed by atoms with Crippen molar-refractivity contribution >= 4 is 15.8 Å². The highest BCUT2D eigenvalue weighted by atomic mass is 32.2. The van der Waals surface area contributed by atoms with Gasteiger partial charge in [-0.2, -0.15) is 4.31 Å². The molecule has 0 atom stereocenters. The van der Waals surface area contributed by atoms with E-state index in [1.165, 1.54) is 22.8 Å². The molecule has 1 saturated heterocycles. The lowest BCUT2D eigenvalue weighted by atomic mass is 9.73. The van der Waals surface area contributed by atoms with E-state index in [1.54, 1.807) is 0 Å². The molecule has 0 bridgehead atoms. The Bertz CT molecular complexity index is 1220. The van der Waals surface area contributed by atoms with Gasteiger partial charge in [-0.1, -0.05) is 0 Å². The highest BCUT2D eigenvalue weighted by Crippen LogP contribution is 2.49. The Morgan fingerprint density at radius 3 is 2.44 bits per heavy atom. The van der Waals surface area contributed by atoms with E-state index < -0.39 is 22.1 Å². The number of aromatic nitrogens is 3. The van der Waals surface area contributed by atoms with Crippen LogP contribution in [-0.4, -0.2) is 77.5 Å². The molecular weight excluding hydrogens is 497 g/mol. The summed E-state index contributed by atoms with van der Waals surface area (Å²) < 4.78 is 69.9. The van der Waals surface area contributed by atoms with Crippen molar-refractivity contribution < 1.29 is 26.3 Å². The van der Waals surface area contributed by atoms with Crippen LogP contribution in [-0.2, 0) is 15.6 Å². The predicted molar refractivity (Wildman–Crippen MR) is 128 cm³/mol. The maximum absolute atomic E-state index is 12.8. The van der Waals surface area contributed by atoms with Crippen molar-refractivity contribution in [2.24, 2.45) is 0 Å². The lowest BCUT2D eigenvalue weighted by Crippen LogP contribution is -2.50. The average Bonchev–Trinajstić information content (AvgIpc) is 3.52. The molecule has 2 N–H and O–H groups in total. The molecule has 0 spiro atoms.